The molecular formula is C32H53N3O4. The minimum absolute atomic E-state index is 0.0973. The van der Waals surface area contributed by atoms with Gasteiger partial charge in [-0.2, -0.15) is 0 Å². The number of alkyl carbamates (subject to hydrolysis) is 1. The SMILES string of the molecule is C=Cc1cccc(C(C(=O)NC(C)C)N(CCCCCCCC)C(=O)C(CC(C)C)NC(=O)OC(C)(C)C)c1. The van der Waals surface area contributed by atoms with Crippen molar-refractivity contribution in [2.75, 3.05) is 6.54 Å². The number of nitrogens with zero attached hydrogens (tertiary/aromatic N) is 1. The molecule has 7 heteroatoms. The lowest BCUT2D eigenvalue weighted by Gasteiger charge is -2.35. The molecule has 0 spiro atoms. The minimum atomic E-state index is -0.842. The maximum Gasteiger partial charge on any atom is 0.408 e. The van der Waals surface area contributed by atoms with Gasteiger partial charge in [-0.3, -0.25) is 9.59 Å². The van der Waals surface area contributed by atoms with Gasteiger partial charge in [-0.15, -0.1) is 0 Å². The first kappa shape index (κ1) is 34.2. The number of carbonyl (C=O) groups is 3. The molecule has 220 valence electrons. The molecule has 2 unspecified atom stereocenters. The Kier molecular flexibility index (Phi) is 14.9. The predicted molar refractivity (Wildman–Crippen MR) is 160 cm³/mol. The van der Waals surface area contributed by atoms with Crippen LogP contribution >= 0.6 is 0 Å². The van der Waals surface area contributed by atoms with E-state index in [2.05, 4.69) is 24.1 Å². The first-order valence-corrected chi connectivity index (χ1v) is 14.6. The topological polar surface area (TPSA) is 87.7 Å². The van der Waals surface area contributed by atoms with E-state index in [0.29, 0.717) is 18.5 Å². The van der Waals surface area contributed by atoms with Gasteiger partial charge in [-0.1, -0.05) is 83.7 Å². The van der Waals surface area contributed by atoms with Crippen LogP contribution in [0.5, 0.6) is 0 Å². The lowest BCUT2D eigenvalue weighted by Crippen LogP contribution is -2.54. The van der Waals surface area contributed by atoms with Crippen LogP contribution in [-0.2, 0) is 14.3 Å². The van der Waals surface area contributed by atoms with Crippen molar-refractivity contribution in [3.05, 3.63) is 42.0 Å². The number of amides is 3. The molecular weight excluding hydrogens is 490 g/mol. The van der Waals surface area contributed by atoms with Gasteiger partial charge in [-0.05, 0) is 70.6 Å². The Morgan fingerprint density at radius 3 is 2.21 bits per heavy atom. The highest BCUT2D eigenvalue weighted by Crippen LogP contribution is 2.26. The van der Waals surface area contributed by atoms with Gasteiger partial charge in [0.05, 0.1) is 0 Å². The van der Waals surface area contributed by atoms with E-state index in [4.69, 9.17) is 4.74 Å². The molecule has 7 nitrogen and oxygen atoms in total. The maximum absolute atomic E-state index is 14.3. The second-order valence-corrected chi connectivity index (χ2v) is 12.1. The van der Waals surface area contributed by atoms with Crippen LogP contribution in [0, 0.1) is 5.92 Å². The molecule has 2 N–H and O–H groups in total. The van der Waals surface area contributed by atoms with Crippen molar-refractivity contribution in [2.45, 2.75) is 124 Å². The van der Waals surface area contributed by atoms with E-state index >= 15 is 0 Å². The fourth-order valence-electron chi connectivity index (χ4n) is 4.46. The average Bonchev–Trinajstić information content (AvgIpc) is 2.82. The Morgan fingerprint density at radius 1 is 1.00 bits per heavy atom. The van der Waals surface area contributed by atoms with E-state index in [1.165, 1.54) is 6.42 Å². The molecule has 1 aromatic carbocycles. The van der Waals surface area contributed by atoms with Crippen LogP contribution in [0.15, 0.2) is 30.8 Å². The summed E-state index contributed by atoms with van der Waals surface area (Å²) in [6.07, 6.45) is 7.82. The molecule has 2 atom stereocenters. The van der Waals surface area contributed by atoms with Gasteiger partial charge in [0.15, 0.2) is 0 Å². The van der Waals surface area contributed by atoms with Crippen LogP contribution in [0.2, 0.25) is 0 Å². The van der Waals surface area contributed by atoms with Gasteiger partial charge in [-0.25, -0.2) is 4.79 Å². The third-order valence-electron chi connectivity index (χ3n) is 6.18. The number of rotatable bonds is 16. The van der Waals surface area contributed by atoms with Crippen LogP contribution in [-0.4, -0.2) is 47.0 Å². The molecule has 0 heterocycles. The molecule has 0 aromatic heterocycles. The number of ether oxygens (including phenoxy) is 1. The highest BCUT2D eigenvalue weighted by atomic mass is 16.6. The van der Waals surface area contributed by atoms with Crippen molar-refractivity contribution < 1.29 is 19.1 Å². The van der Waals surface area contributed by atoms with E-state index < -0.39 is 23.8 Å². The van der Waals surface area contributed by atoms with Crippen LogP contribution in [0.1, 0.15) is 118 Å². The Labute approximate surface area is 237 Å². The Hall–Kier alpha value is -2.83. The first-order valence-electron chi connectivity index (χ1n) is 14.6. The normalized spacial score (nSPS) is 13.1. The summed E-state index contributed by atoms with van der Waals surface area (Å²) in [7, 11) is 0. The summed E-state index contributed by atoms with van der Waals surface area (Å²) in [5.41, 5.74) is 0.885. The second-order valence-electron chi connectivity index (χ2n) is 12.1. The van der Waals surface area contributed by atoms with Gasteiger partial charge in [0.1, 0.15) is 17.7 Å². The Balaban J connectivity index is 3.48. The summed E-state index contributed by atoms with van der Waals surface area (Å²) < 4.78 is 5.48. The van der Waals surface area contributed by atoms with Gasteiger partial charge >= 0.3 is 6.09 Å². The molecule has 1 rings (SSSR count). The molecule has 0 radical (unpaired) electrons. The van der Waals surface area contributed by atoms with Crippen molar-refractivity contribution >= 4 is 24.0 Å². The molecule has 0 fully saturated rings. The van der Waals surface area contributed by atoms with Crippen molar-refractivity contribution in [2.24, 2.45) is 5.92 Å². The molecule has 0 bridgehead atoms. The number of nitrogens with one attached hydrogen (secondary N) is 2. The third-order valence-corrected chi connectivity index (χ3v) is 6.18. The van der Waals surface area contributed by atoms with E-state index in [-0.39, 0.29) is 23.8 Å². The monoisotopic (exact) mass is 543 g/mol. The molecule has 0 aliphatic rings. The zero-order chi connectivity index (χ0) is 29.6. The molecule has 0 saturated heterocycles. The molecule has 0 saturated carbocycles. The predicted octanol–water partition coefficient (Wildman–Crippen LogP) is 7.02. The average molecular weight is 544 g/mol. The number of unbranched alkanes of at least 4 members (excludes halogenated alkanes) is 5. The summed E-state index contributed by atoms with van der Waals surface area (Å²) in [4.78, 5) is 42.4. The smallest absolute Gasteiger partial charge is 0.408 e. The van der Waals surface area contributed by atoms with Crippen molar-refractivity contribution in [1.29, 1.82) is 0 Å². The minimum Gasteiger partial charge on any atom is -0.444 e. The van der Waals surface area contributed by atoms with Gasteiger partial charge < -0.3 is 20.3 Å². The van der Waals surface area contributed by atoms with Crippen molar-refractivity contribution in [3.8, 4) is 0 Å². The summed E-state index contributed by atoms with van der Waals surface area (Å²) in [6.45, 7) is 19.6. The second kappa shape index (κ2) is 17.0. The number of carbonyl (C=O) groups excluding carboxylic acids is 3. The van der Waals surface area contributed by atoms with Crippen molar-refractivity contribution in [1.82, 2.24) is 15.5 Å². The van der Waals surface area contributed by atoms with Gasteiger partial charge in [0, 0.05) is 12.6 Å². The Morgan fingerprint density at radius 2 is 1.64 bits per heavy atom. The lowest BCUT2D eigenvalue weighted by molar-refractivity contribution is -0.143. The molecule has 3 amide bonds. The van der Waals surface area contributed by atoms with E-state index in [9.17, 15) is 14.4 Å². The van der Waals surface area contributed by atoms with Crippen LogP contribution in [0.3, 0.4) is 0 Å². The summed E-state index contributed by atoms with van der Waals surface area (Å²) >= 11 is 0. The highest BCUT2D eigenvalue weighted by Gasteiger charge is 2.36. The largest absolute Gasteiger partial charge is 0.444 e. The van der Waals surface area contributed by atoms with E-state index in [1.807, 2.05) is 52.0 Å². The standard InChI is InChI=1S/C32H53N3O4/c1-10-12-13-14-15-16-20-35(30(37)27(21-23(3)4)34-31(38)39-32(7,8)9)28(29(36)33-24(5)6)26-19-17-18-25(11-2)22-26/h11,17-19,22-24,27-28H,2,10,12-16,20-21H2,1,3-9H3,(H,33,36)(H,34,38). The maximum atomic E-state index is 14.3. The van der Waals surface area contributed by atoms with Crippen LogP contribution in [0.4, 0.5) is 4.79 Å². The van der Waals surface area contributed by atoms with Gasteiger partial charge in [0.2, 0.25) is 11.8 Å². The van der Waals surface area contributed by atoms with Gasteiger partial charge in [0.25, 0.3) is 0 Å². The summed E-state index contributed by atoms with van der Waals surface area (Å²) in [6, 6.07) is 5.80. The fourth-order valence-corrected chi connectivity index (χ4v) is 4.46. The number of hydrogen-bond donors (Lipinski definition) is 2. The molecule has 39 heavy (non-hydrogen) atoms. The number of benzene rings is 1. The zero-order valence-electron chi connectivity index (χ0n) is 25.6. The van der Waals surface area contributed by atoms with E-state index in [0.717, 1.165) is 37.7 Å². The van der Waals surface area contributed by atoms with Crippen molar-refractivity contribution in [3.63, 3.8) is 0 Å². The zero-order valence-corrected chi connectivity index (χ0v) is 25.6. The molecule has 0 aliphatic carbocycles. The van der Waals surface area contributed by atoms with E-state index in [1.54, 1.807) is 31.7 Å². The fraction of sp³-hybridized carbons (Fsp3) is 0.656. The Bertz CT molecular complexity index is 920. The quantitative estimate of drug-likeness (QED) is 0.219. The first-order chi connectivity index (χ1) is 18.3. The summed E-state index contributed by atoms with van der Waals surface area (Å²) in [5.74, 6) is -0.390. The molecule has 1 aromatic rings. The molecule has 0 aliphatic heterocycles. The van der Waals surface area contributed by atoms with Crippen LogP contribution < -0.4 is 10.6 Å². The number of hydrogen-bond acceptors (Lipinski definition) is 4. The lowest BCUT2D eigenvalue weighted by atomic mass is 9.97. The summed E-state index contributed by atoms with van der Waals surface area (Å²) in [5, 5.41) is 5.83. The highest BCUT2D eigenvalue weighted by molar-refractivity contribution is 5.92. The third kappa shape index (κ3) is 13.2. The van der Waals surface area contributed by atoms with Crippen LogP contribution in [0.25, 0.3) is 6.08 Å².